The van der Waals surface area contributed by atoms with Crippen molar-refractivity contribution in [2.75, 3.05) is 0 Å². The Morgan fingerprint density at radius 3 is 1.78 bits per heavy atom. The van der Waals surface area contributed by atoms with Crippen LogP contribution in [0.25, 0.3) is 6.08 Å². The Morgan fingerprint density at radius 1 is 1.06 bits per heavy atom. The molecular formula is C18H24. The molecule has 0 amide bonds. The van der Waals surface area contributed by atoms with Crippen molar-refractivity contribution in [1.29, 1.82) is 0 Å². The molecule has 0 saturated heterocycles. The summed E-state index contributed by atoms with van der Waals surface area (Å²) in [5.74, 6) is 0. The van der Waals surface area contributed by atoms with Crippen molar-refractivity contribution in [3.63, 3.8) is 0 Å². The van der Waals surface area contributed by atoms with Crippen LogP contribution in [0.15, 0.2) is 73.9 Å². The van der Waals surface area contributed by atoms with Crippen LogP contribution < -0.4 is 0 Å². The summed E-state index contributed by atoms with van der Waals surface area (Å²) in [7, 11) is 0. The first-order chi connectivity index (χ1) is 8.70. The minimum absolute atomic E-state index is 1.02. The number of hydrogen-bond acceptors (Lipinski definition) is 0. The summed E-state index contributed by atoms with van der Waals surface area (Å²) in [5.41, 5.74) is 2.19. The number of hydrogen-bond donors (Lipinski definition) is 0. The SMILES string of the molecule is C1=CCCC1.C=CC(=C)C.C=Cc1ccccc1. The predicted molar refractivity (Wildman–Crippen MR) is 84.5 cm³/mol. The Bertz CT molecular complexity index is 362. The topological polar surface area (TPSA) is 0 Å². The van der Waals surface area contributed by atoms with Crippen molar-refractivity contribution in [1.82, 2.24) is 0 Å². The Balaban J connectivity index is 0.000000254. The van der Waals surface area contributed by atoms with Crippen LogP contribution in [-0.4, -0.2) is 0 Å². The minimum Gasteiger partial charge on any atom is -0.0988 e. The molecule has 0 radical (unpaired) electrons. The molecule has 0 heteroatoms. The lowest BCUT2D eigenvalue weighted by atomic mass is 10.2. The maximum atomic E-state index is 3.63. The van der Waals surface area contributed by atoms with Gasteiger partial charge in [0.25, 0.3) is 0 Å². The maximum absolute atomic E-state index is 3.63. The summed E-state index contributed by atoms with van der Waals surface area (Å²) < 4.78 is 0. The molecule has 2 rings (SSSR count). The Labute approximate surface area is 112 Å². The fourth-order valence-electron chi connectivity index (χ4n) is 1.18. The van der Waals surface area contributed by atoms with E-state index in [1.807, 2.05) is 43.3 Å². The highest BCUT2D eigenvalue weighted by atomic mass is 13.9. The molecule has 18 heavy (non-hydrogen) atoms. The smallest absolute Gasteiger partial charge is 0.0263 e. The quantitative estimate of drug-likeness (QED) is 0.452. The molecule has 1 aliphatic rings. The number of benzene rings is 1. The average molecular weight is 240 g/mol. The van der Waals surface area contributed by atoms with Gasteiger partial charge in [-0.05, 0) is 31.7 Å². The lowest BCUT2D eigenvalue weighted by Gasteiger charge is -1.85. The lowest BCUT2D eigenvalue weighted by Crippen LogP contribution is -1.63. The fraction of sp³-hybridized carbons (Fsp3) is 0.222. The predicted octanol–water partition coefficient (Wildman–Crippen LogP) is 5.80. The summed E-state index contributed by atoms with van der Waals surface area (Å²) in [6.07, 6.45) is 12.1. The van der Waals surface area contributed by atoms with Crippen LogP contribution in [0.5, 0.6) is 0 Å². The zero-order chi connectivity index (χ0) is 13.6. The van der Waals surface area contributed by atoms with Crippen molar-refractivity contribution in [2.24, 2.45) is 0 Å². The molecule has 0 atom stereocenters. The first-order valence-corrected chi connectivity index (χ1v) is 6.31. The van der Waals surface area contributed by atoms with E-state index in [9.17, 15) is 0 Å². The highest BCUT2D eigenvalue weighted by molar-refractivity contribution is 5.45. The van der Waals surface area contributed by atoms with Crippen LogP contribution in [0.4, 0.5) is 0 Å². The van der Waals surface area contributed by atoms with Crippen LogP contribution in [0.3, 0.4) is 0 Å². The molecular weight excluding hydrogens is 216 g/mol. The molecule has 1 aromatic carbocycles. The zero-order valence-corrected chi connectivity index (χ0v) is 11.4. The van der Waals surface area contributed by atoms with Crippen LogP contribution in [0.2, 0.25) is 0 Å². The molecule has 0 N–H and O–H groups in total. The van der Waals surface area contributed by atoms with Gasteiger partial charge in [0.2, 0.25) is 0 Å². The first kappa shape index (κ1) is 16.2. The second-order valence-corrected chi connectivity index (χ2v) is 4.07. The number of allylic oxidation sites excluding steroid dienone is 4. The van der Waals surface area contributed by atoms with Crippen LogP contribution >= 0.6 is 0 Å². The minimum atomic E-state index is 1.02. The third-order valence-electron chi connectivity index (χ3n) is 2.29. The second-order valence-electron chi connectivity index (χ2n) is 4.07. The highest BCUT2D eigenvalue weighted by Gasteiger charge is 1.84. The molecule has 1 aromatic rings. The molecule has 96 valence electrons. The van der Waals surface area contributed by atoms with Crippen molar-refractivity contribution < 1.29 is 0 Å². The van der Waals surface area contributed by atoms with Gasteiger partial charge in [-0.2, -0.15) is 0 Å². The van der Waals surface area contributed by atoms with Gasteiger partial charge in [0.15, 0.2) is 0 Å². The van der Waals surface area contributed by atoms with E-state index in [0.717, 1.165) is 5.57 Å². The van der Waals surface area contributed by atoms with E-state index in [4.69, 9.17) is 0 Å². The molecule has 0 unspecified atom stereocenters. The Morgan fingerprint density at radius 2 is 1.56 bits per heavy atom. The lowest BCUT2D eigenvalue weighted by molar-refractivity contribution is 0.929. The molecule has 0 spiro atoms. The van der Waals surface area contributed by atoms with Gasteiger partial charge >= 0.3 is 0 Å². The van der Waals surface area contributed by atoms with Gasteiger partial charge in [0, 0.05) is 0 Å². The van der Waals surface area contributed by atoms with E-state index in [-0.39, 0.29) is 0 Å². The highest BCUT2D eigenvalue weighted by Crippen LogP contribution is 2.05. The van der Waals surface area contributed by atoms with E-state index >= 15 is 0 Å². The molecule has 0 nitrogen and oxygen atoms in total. The molecule has 1 aliphatic carbocycles. The summed E-state index contributed by atoms with van der Waals surface area (Å²) in [6.45, 7) is 12.6. The molecule has 0 aromatic heterocycles. The second kappa shape index (κ2) is 11.7. The van der Waals surface area contributed by atoms with Gasteiger partial charge in [0.05, 0.1) is 0 Å². The van der Waals surface area contributed by atoms with E-state index in [0.29, 0.717) is 0 Å². The van der Waals surface area contributed by atoms with Crippen molar-refractivity contribution in [2.45, 2.75) is 26.2 Å². The molecule has 0 fully saturated rings. The van der Waals surface area contributed by atoms with Gasteiger partial charge in [-0.1, -0.05) is 79.9 Å². The molecule has 0 heterocycles. The van der Waals surface area contributed by atoms with Crippen molar-refractivity contribution in [3.05, 3.63) is 79.4 Å². The van der Waals surface area contributed by atoms with Crippen molar-refractivity contribution >= 4 is 6.08 Å². The van der Waals surface area contributed by atoms with Gasteiger partial charge in [0.1, 0.15) is 0 Å². The normalized spacial score (nSPS) is 11.4. The largest absolute Gasteiger partial charge is 0.0988 e. The number of rotatable bonds is 2. The Kier molecular flexibility index (Phi) is 10.5. The van der Waals surface area contributed by atoms with Crippen molar-refractivity contribution in [3.8, 4) is 0 Å². The summed E-state index contributed by atoms with van der Waals surface area (Å²) in [6, 6.07) is 10.0. The van der Waals surface area contributed by atoms with Gasteiger partial charge < -0.3 is 0 Å². The first-order valence-electron chi connectivity index (χ1n) is 6.31. The summed E-state index contributed by atoms with van der Waals surface area (Å²) in [5, 5.41) is 0. The molecule has 0 aliphatic heterocycles. The monoisotopic (exact) mass is 240 g/mol. The Hall–Kier alpha value is -1.82. The standard InChI is InChI=1S/C8H8.2C5H8/c1-2-8-6-4-3-5-7-8;1-2-4-5-3-1;1-4-5(2)3/h2-7H,1H2;1-2H,3-5H2;4H,1-2H2,3H3. The van der Waals surface area contributed by atoms with E-state index in [1.165, 1.54) is 24.8 Å². The summed E-state index contributed by atoms with van der Waals surface area (Å²) >= 11 is 0. The van der Waals surface area contributed by atoms with E-state index in [1.54, 1.807) is 6.08 Å². The zero-order valence-electron chi connectivity index (χ0n) is 11.4. The molecule has 0 saturated carbocycles. The third kappa shape index (κ3) is 10.7. The molecule has 0 bridgehead atoms. The van der Waals surface area contributed by atoms with Gasteiger partial charge in [-0.3, -0.25) is 0 Å². The maximum Gasteiger partial charge on any atom is -0.0263 e. The third-order valence-corrected chi connectivity index (χ3v) is 2.29. The van der Waals surface area contributed by atoms with E-state index < -0.39 is 0 Å². The average Bonchev–Trinajstić information content (AvgIpc) is 2.99. The van der Waals surface area contributed by atoms with Gasteiger partial charge in [-0.15, -0.1) is 0 Å². The van der Waals surface area contributed by atoms with E-state index in [2.05, 4.69) is 31.9 Å². The van der Waals surface area contributed by atoms with Crippen LogP contribution in [0, 0.1) is 0 Å². The van der Waals surface area contributed by atoms with Crippen LogP contribution in [0.1, 0.15) is 31.7 Å². The van der Waals surface area contributed by atoms with Gasteiger partial charge in [-0.25, -0.2) is 0 Å². The summed E-state index contributed by atoms with van der Waals surface area (Å²) in [4.78, 5) is 0. The van der Waals surface area contributed by atoms with Crippen LogP contribution in [-0.2, 0) is 0 Å². The fourth-order valence-corrected chi connectivity index (χ4v) is 1.18.